The van der Waals surface area contributed by atoms with E-state index in [1.54, 1.807) is 28.9 Å². The van der Waals surface area contributed by atoms with E-state index in [2.05, 4.69) is 15.8 Å². The van der Waals surface area contributed by atoms with Crippen molar-refractivity contribution in [1.29, 1.82) is 0 Å². The molecule has 146 valence electrons. The topological polar surface area (TPSA) is 69.7 Å². The number of benzene rings is 1. The van der Waals surface area contributed by atoms with Gasteiger partial charge in [-0.05, 0) is 36.2 Å². The molecule has 4 heterocycles. The quantitative estimate of drug-likeness (QED) is 0.848. The average Bonchev–Trinajstić information content (AvgIpc) is 3.31. The molecule has 1 aromatic heterocycles. The zero-order valence-electron chi connectivity index (χ0n) is 15.6. The predicted octanol–water partition coefficient (Wildman–Crippen LogP) is 1.92. The highest BCUT2D eigenvalue weighted by Crippen LogP contribution is 2.35. The highest BCUT2D eigenvalue weighted by atomic mass is 19.1. The van der Waals surface area contributed by atoms with E-state index in [0.717, 1.165) is 17.7 Å². The van der Waals surface area contributed by atoms with Gasteiger partial charge in [-0.1, -0.05) is 12.1 Å². The molecule has 2 atom stereocenters. The Labute approximate surface area is 162 Å². The monoisotopic (exact) mass is 383 g/mol. The second-order valence-corrected chi connectivity index (χ2v) is 7.55. The Kier molecular flexibility index (Phi) is 4.17. The maximum Gasteiger partial charge on any atom is 0.326 e. The second kappa shape index (κ2) is 6.72. The van der Waals surface area contributed by atoms with E-state index >= 15 is 0 Å². The third-order valence-corrected chi connectivity index (χ3v) is 5.74. The number of aryl methyl sites for hydroxylation is 1. The van der Waals surface area contributed by atoms with Crippen molar-refractivity contribution in [3.8, 4) is 5.88 Å². The molecule has 5 rings (SSSR count). The number of urea groups is 1. The molecule has 7 nitrogen and oxygen atoms in total. The van der Waals surface area contributed by atoms with Gasteiger partial charge in [0.15, 0.2) is 0 Å². The van der Waals surface area contributed by atoms with Crippen molar-refractivity contribution >= 4 is 11.8 Å². The molecule has 3 aliphatic rings. The minimum Gasteiger partial charge on any atom is -0.476 e. The summed E-state index contributed by atoms with van der Waals surface area (Å²) in [4.78, 5) is 21.0. The first-order chi connectivity index (χ1) is 13.6. The predicted molar refractivity (Wildman–Crippen MR) is 102 cm³/mol. The number of anilines is 1. The summed E-state index contributed by atoms with van der Waals surface area (Å²) < 4.78 is 19.3. The van der Waals surface area contributed by atoms with Crippen LogP contribution in [0.4, 0.5) is 15.0 Å². The number of pyridine rings is 1. The molecule has 3 aliphatic heterocycles. The van der Waals surface area contributed by atoms with Crippen LogP contribution in [-0.4, -0.2) is 48.2 Å². The number of ether oxygens (including phenoxy) is 1. The fourth-order valence-electron chi connectivity index (χ4n) is 4.15. The van der Waals surface area contributed by atoms with E-state index in [1.165, 1.54) is 6.07 Å². The van der Waals surface area contributed by atoms with Gasteiger partial charge in [-0.3, -0.25) is 15.8 Å². The van der Waals surface area contributed by atoms with Crippen LogP contribution in [0.1, 0.15) is 22.6 Å². The molecule has 2 aromatic rings. The Balaban J connectivity index is 1.33. The van der Waals surface area contributed by atoms with Gasteiger partial charge in [0.25, 0.3) is 0 Å². The summed E-state index contributed by atoms with van der Waals surface area (Å²) in [5.41, 5.74) is 8.96. The molecule has 0 radical (unpaired) electrons. The number of aromatic nitrogens is 1. The second-order valence-electron chi connectivity index (χ2n) is 7.55. The Morgan fingerprint density at radius 1 is 1.29 bits per heavy atom. The van der Waals surface area contributed by atoms with Crippen LogP contribution in [0.15, 0.2) is 30.3 Å². The molecular formula is C20H22FN5O2. The van der Waals surface area contributed by atoms with Crippen molar-refractivity contribution in [2.75, 3.05) is 31.1 Å². The number of hydrazine groups is 1. The number of amides is 2. The van der Waals surface area contributed by atoms with Gasteiger partial charge in [-0.25, -0.2) is 9.18 Å². The van der Waals surface area contributed by atoms with E-state index in [-0.39, 0.29) is 17.9 Å². The highest BCUT2D eigenvalue weighted by molar-refractivity contribution is 5.93. The molecule has 2 fully saturated rings. The Hall–Kier alpha value is -2.71. The number of fused-ring (bicyclic) bond motifs is 3. The van der Waals surface area contributed by atoms with Crippen LogP contribution in [0.3, 0.4) is 0 Å². The minimum absolute atomic E-state index is 0.0905. The lowest BCUT2D eigenvalue weighted by molar-refractivity contribution is 0.218. The summed E-state index contributed by atoms with van der Waals surface area (Å²) in [6.45, 7) is 4.76. The van der Waals surface area contributed by atoms with E-state index < -0.39 is 0 Å². The fraction of sp³-hybridized carbons (Fsp3) is 0.400. The smallest absolute Gasteiger partial charge is 0.326 e. The number of carbonyl (C=O) groups is 1. The van der Waals surface area contributed by atoms with Gasteiger partial charge in [0, 0.05) is 37.7 Å². The number of hydrogen-bond acceptors (Lipinski definition) is 5. The molecule has 2 N–H and O–H groups in total. The third-order valence-electron chi connectivity index (χ3n) is 5.74. The summed E-state index contributed by atoms with van der Waals surface area (Å²) in [5.74, 6) is 1.33. The fourth-order valence-corrected chi connectivity index (χ4v) is 4.15. The van der Waals surface area contributed by atoms with Crippen molar-refractivity contribution in [3.05, 3.63) is 52.8 Å². The lowest BCUT2D eigenvalue weighted by atomic mass is 9.92. The van der Waals surface area contributed by atoms with Crippen LogP contribution >= 0.6 is 0 Å². The summed E-state index contributed by atoms with van der Waals surface area (Å²) in [6.07, 6.45) is 0. The Morgan fingerprint density at radius 3 is 3.04 bits per heavy atom. The third kappa shape index (κ3) is 2.89. The van der Waals surface area contributed by atoms with Crippen molar-refractivity contribution in [2.45, 2.75) is 25.4 Å². The van der Waals surface area contributed by atoms with Gasteiger partial charge >= 0.3 is 6.03 Å². The van der Waals surface area contributed by atoms with Crippen molar-refractivity contribution in [1.82, 2.24) is 20.7 Å². The van der Waals surface area contributed by atoms with Crippen LogP contribution < -0.4 is 20.5 Å². The molecule has 1 aromatic carbocycles. The summed E-state index contributed by atoms with van der Waals surface area (Å²) in [7, 11) is 0. The molecule has 2 unspecified atom stereocenters. The first-order valence-electron chi connectivity index (χ1n) is 9.54. The van der Waals surface area contributed by atoms with Crippen LogP contribution in [0.25, 0.3) is 0 Å². The molecule has 0 saturated carbocycles. The Bertz CT molecular complexity index is 937. The molecule has 28 heavy (non-hydrogen) atoms. The van der Waals surface area contributed by atoms with Gasteiger partial charge in [0.05, 0.1) is 6.04 Å². The SMILES string of the molecule is Cc1cc(CN2CCN(c3ccc4c(n3)OCC3NNCC43)C2=O)ccc1F. The number of halogens is 1. The summed E-state index contributed by atoms with van der Waals surface area (Å²) in [5, 5.41) is 0. The number of rotatable bonds is 3. The van der Waals surface area contributed by atoms with Crippen LogP contribution in [0.5, 0.6) is 5.88 Å². The van der Waals surface area contributed by atoms with Gasteiger partial charge in [-0.2, -0.15) is 4.98 Å². The van der Waals surface area contributed by atoms with Crippen LogP contribution in [0, 0.1) is 12.7 Å². The number of carbonyl (C=O) groups excluding carboxylic acids is 1. The largest absolute Gasteiger partial charge is 0.476 e. The maximum atomic E-state index is 13.5. The lowest BCUT2D eigenvalue weighted by Crippen LogP contribution is -2.39. The van der Waals surface area contributed by atoms with Gasteiger partial charge < -0.3 is 9.64 Å². The molecule has 2 amide bonds. The standard InChI is InChI=1S/C20H22FN5O2/c1-12-8-13(2-4-16(12)21)10-25-6-7-26(20(25)27)18-5-3-14-15-9-22-24-17(15)11-28-19(14)23-18/h2-5,8,15,17,22,24H,6-7,9-11H2,1H3. The molecule has 0 aliphatic carbocycles. The van der Waals surface area contributed by atoms with E-state index in [1.807, 2.05) is 12.1 Å². The highest BCUT2D eigenvalue weighted by Gasteiger charge is 2.37. The van der Waals surface area contributed by atoms with E-state index in [0.29, 0.717) is 49.4 Å². The number of hydrogen-bond donors (Lipinski definition) is 2. The van der Waals surface area contributed by atoms with Gasteiger partial charge in [0.1, 0.15) is 18.2 Å². The van der Waals surface area contributed by atoms with Crippen molar-refractivity contribution < 1.29 is 13.9 Å². The van der Waals surface area contributed by atoms with E-state index in [9.17, 15) is 9.18 Å². The molecule has 0 spiro atoms. The molecular weight excluding hydrogens is 361 g/mol. The van der Waals surface area contributed by atoms with Gasteiger partial charge in [0.2, 0.25) is 5.88 Å². The zero-order chi connectivity index (χ0) is 19.3. The van der Waals surface area contributed by atoms with Crippen LogP contribution in [0.2, 0.25) is 0 Å². The van der Waals surface area contributed by atoms with Gasteiger partial charge in [-0.15, -0.1) is 0 Å². The summed E-state index contributed by atoms with van der Waals surface area (Å²) >= 11 is 0. The van der Waals surface area contributed by atoms with Crippen molar-refractivity contribution in [3.63, 3.8) is 0 Å². The Morgan fingerprint density at radius 2 is 2.18 bits per heavy atom. The number of nitrogens with one attached hydrogen (secondary N) is 2. The van der Waals surface area contributed by atoms with Crippen LogP contribution in [-0.2, 0) is 6.54 Å². The molecule has 0 bridgehead atoms. The number of nitrogens with zero attached hydrogens (tertiary/aromatic N) is 3. The first-order valence-corrected chi connectivity index (χ1v) is 9.54. The first kappa shape index (κ1) is 17.4. The lowest BCUT2D eigenvalue weighted by Gasteiger charge is -2.27. The normalized spacial score (nSPS) is 23.6. The molecule has 2 saturated heterocycles. The van der Waals surface area contributed by atoms with Crippen molar-refractivity contribution in [2.24, 2.45) is 0 Å². The summed E-state index contributed by atoms with van der Waals surface area (Å²) in [6, 6.07) is 9.04. The maximum absolute atomic E-state index is 13.5. The molecule has 8 heteroatoms. The zero-order valence-corrected chi connectivity index (χ0v) is 15.6. The van der Waals surface area contributed by atoms with E-state index in [4.69, 9.17) is 4.74 Å². The average molecular weight is 383 g/mol. The minimum atomic E-state index is -0.230.